The number of esters is 1. The van der Waals surface area contributed by atoms with E-state index in [9.17, 15) is 4.79 Å². The molecule has 0 spiro atoms. The van der Waals surface area contributed by atoms with Gasteiger partial charge in [-0.2, -0.15) is 0 Å². The molecule has 4 heteroatoms. The highest BCUT2D eigenvalue weighted by molar-refractivity contribution is 5.71. The second-order valence-corrected chi connectivity index (χ2v) is 9.56. The lowest BCUT2D eigenvalue weighted by atomic mass is 9.96. The molecule has 180 valence electrons. The summed E-state index contributed by atoms with van der Waals surface area (Å²) in [6.45, 7) is 11.2. The molecular weight excluding hydrogens is 422 g/mol. The Balaban J connectivity index is 2.05. The maximum absolute atomic E-state index is 13.1. The normalized spacial score (nSPS) is 13.4. The molecule has 3 aromatic carbocycles. The zero-order valence-corrected chi connectivity index (χ0v) is 21.0. The summed E-state index contributed by atoms with van der Waals surface area (Å²) in [7, 11) is 0. The molecule has 34 heavy (non-hydrogen) atoms. The first-order valence-corrected chi connectivity index (χ1v) is 12.1. The maximum Gasteiger partial charge on any atom is 0.308 e. The molecule has 0 N–H and O–H groups in total. The van der Waals surface area contributed by atoms with Crippen molar-refractivity contribution in [2.45, 2.75) is 65.3 Å². The van der Waals surface area contributed by atoms with Gasteiger partial charge in [0.1, 0.15) is 11.4 Å². The highest BCUT2D eigenvalue weighted by Gasteiger charge is 2.30. The third-order valence-corrected chi connectivity index (χ3v) is 5.72. The minimum atomic E-state index is -0.538. The molecule has 0 fully saturated rings. The van der Waals surface area contributed by atoms with Crippen LogP contribution < -0.4 is 4.74 Å². The summed E-state index contributed by atoms with van der Waals surface area (Å²) in [5.41, 5.74) is 2.90. The fourth-order valence-corrected chi connectivity index (χ4v) is 4.18. The largest absolute Gasteiger partial charge is 0.494 e. The highest BCUT2D eigenvalue weighted by atomic mass is 16.6. The van der Waals surface area contributed by atoms with Gasteiger partial charge in [-0.1, -0.05) is 72.8 Å². The number of carbonyl (C=O) groups is 1. The molecular formula is C30H37NO3. The van der Waals surface area contributed by atoms with Crippen molar-refractivity contribution in [3.63, 3.8) is 0 Å². The van der Waals surface area contributed by atoms with E-state index in [-0.39, 0.29) is 24.5 Å². The number of hydrogen-bond donors (Lipinski definition) is 0. The predicted octanol–water partition coefficient (Wildman–Crippen LogP) is 7.12. The lowest BCUT2D eigenvalue weighted by Crippen LogP contribution is -2.34. The zero-order valence-electron chi connectivity index (χ0n) is 21.0. The van der Waals surface area contributed by atoms with E-state index in [4.69, 9.17) is 9.47 Å². The first kappa shape index (κ1) is 25.5. The first-order chi connectivity index (χ1) is 16.3. The number of carbonyl (C=O) groups excluding carboxylic acids is 1. The average molecular weight is 460 g/mol. The van der Waals surface area contributed by atoms with Crippen LogP contribution in [0.2, 0.25) is 0 Å². The Morgan fingerprint density at radius 1 is 0.882 bits per heavy atom. The van der Waals surface area contributed by atoms with E-state index in [0.29, 0.717) is 13.2 Å². The standard InChI is InChI=1S/C30H37NO3/c1-6-33-27-19-13-18-26(20-27)28(21-29(32)34-30(3,4)5)31(22-24-14-9-7-10-15-24)23(2)25-16-11-8-12-17-25/h7-20,23,28H,6,21-22H2,1-5H3/t23-,28?/m1/s1. The van der Waals surface area contributed by atoms with Gasteiger partial charge in [-0.05, 0) is 63.4 Å². The molecule has 2 atom stereocenters. The number of ether oxygens (including phenoxy) is 2. The Bertz CT molecular complexity index is 1030. The molecule has 0 bridgehead atoms. The summed E-state index contributed by atoms with van der Waals surface area (Å²) in [6, 6.07) is 28.8. The lowest BCUT2D eigenvalue weighted by Gasteiger charge is -2.37. The molecule has 0 radical (unpaired) electrons. The highest BCUT2D eigenvalue weighted by Crippen LogP contribution is 2.36. The van der Waals surface area contributed by atoms with Crippen molar-refractivity contribution in [1.82, 2.24) is 4.90 Å². The number of benzene rings is 3. The molecule has 0 aromatic heterocycles. The van der Waals surface area contributed by atoms with Gasteiger partial charge in [0.2, 0.25) is 0 Å². The molecule has 3 rings (SSSR count). The zero-order chi connectivity index (χ0) is 24.6. The summed E-state index contributed by atoms with van der Waals surface area (Å²) in [6.07, 6.45) is 0.247. The van der Waals surface area contributed by atoms with Crippen molar-refractivity contribution in [3.05, 3.63) is 102 Å². The summed E-state index contributed by atoms with van der Waals surface area (Å²) in [5.74, 6) is 0.596. The van der Waals surface area contributed by atoms with E-state index in [1.165, 1.54) is 11.1 Å². The quantitative estimate of drug-likeness (QED) is 0.303. The van der Waals surface area contributed by atoms with E-state index in [1.807, 2.05) is 58.0 Å². The van der Waals surface area contributed by atoms with Gasteiger partial charge in [-0.3, -0.25) is 9.69 Å². The Hall–Kier alpha value is -3.11. The topological polar surface area (TPSA) is 38.8 Å². The SMILES string of the molecule is CCOc1cccc(C(CC(=O)OC(C)(C)C)N(Cc2ccccc2)[C@H](C)c2ccccc2)c1. The van der Waals surface area contributed by atoms with Crippen molar-refractivity contribution < 1.29 is 14.3 Å². The van der Waals surface area contributed by atoms with Gasteiger partial charge in [0, 0.05) is 18.6 Å². The number of nitrogens with zero attached hydrogens (tertiary/aromatic N) is 1. The van der Waals surface area contributed by atoms with Gasteiger partial charge in [-0.15, -0.1) is 0 Å². The third-order valence-electron chi connectivity index (χ3n) is 5.72. The molecule has 0 saturated carbocycles. The summed E-state index contributed by atoms with van der Waals surface area (Å²) < 4.78 is 11.5. The van der Waals surface area contributed by atoms with E-state index >= 15 is 0 Å². The van der Waals surface area contributed by atoms with Gasteiger partial charge in [0.25, 0.3) is 0 Å². The van der Waals surface area contributed by atoms with Crippen LogP contribution in [-0.4, -0.2) is 23.1 Å². The fourth-order valence-electron chi connectivity index (χ4n) is 4.18. The Labute approximate surface area is 204 Å². The molecule has 0 aliphatic rings. The van der Waals surface area contributed by atoms with Crippen LogP contribution in [0.15, 0.2) is 84.9 Å². The summed E-state index contributed by atoms with van der Waals surface area (Å²) in [4.78, 5) is 15.5. The Morgan fingerprint density at radius 2 is 1.50 bits per heavy atom. The molecule has 3 aromatic rings. The second-order valence-electron chi connectivity index (χ2n) is 9.56. The van der Waals surface area contributed by atoms with Gasteiger partial charge >= 0.3 is 5.97 Å². The van der Waals surface area contributed by atoms with Crippen molar-refractivity contribution in [2.24, 2.45) is 0 Å². The Kier molecular flexibility index (Phi) is 8.89. The molecule has 0 aliphatic heterocycles. The van der Waals surface area contributed by atoms with Gasteiger partial charge in [0.15, 0.2) is 0 Å². The Morgan fingerprint density at radius 3 is 2.12 bits per heavy atom. The van der Waals surface area contributed by atoms with E-state index in [1.54, 1.807) is 0 Å². The fraction of sp³-hybridized carbons (Fsp3) is 0.367. The van der Waals surface area contributed by atoms with Crippen LogP contribution in [0.5, 0.6) is 5.75 Å². The van der Waals surface area contributed by atoms with Crippen molar-refractivity contribution in [3.8, 4) is 5.75 Å². The van der Waals surface area contributed by atoms with Gasteiger partial charge < -0.3 is 9.47 Å². The molecule has 4 nitrogen and oxygen atoms in total. The molecule has 0 saturated heterocycles. The molecule has 0 heterocycles. The van der Waals surface area contributed by atoms with Crippen molar-refractivity contribution in [2.75, 3.05) is 6.61 Å². The number of hydrogen-bond acceptors (Lipinski definition) is 4. The first-order valence-electron chi connectivity index (χ1n) is 12.1. The van der Waals surface area contributed by atoms with Crippen LogP contribution in [0.3, 0.4) is 0 Å². The summed E-state index contributed by atoms with van der Waals surface area (Å²) >= 11 is 0. The van der Waals surface area contributed by atoms with Crippen LogP contribution >= 0.6 is 0 Å². The van der Waals surface area contributed by atoms with Gasteiger partial charge in [0.05, 0.1) is 13.0 Å². The lowest BCUT2D eigenvalue weighted by molar-refractivity contribution is -0.156. The van der Waals surface area contributed by atoms with E-state index in [2.05, 4.69) is 66.4 Å². The monoisotopic (exact) mass is 459 g/mol. The average Bonchev–Trinajstić information content (AvgIpc) is 2.81. The smallest absolute Gasteiger partial charge is 0.308 e. The van der Waals surface area contributed by atoms with Crippen molar-refractivity contribution >= 4 is 5.97 Å². The maximum atomic E-state index is 13.1. The summed E-state index contributed by atoms with van der Waals surface area (Å²) in [5, 5.41) is 0. The van der Waals surface area contributed by atoms with Crippen LogP contribution in [0, 0.1) is 0 Å². The minimum Gasteiger partial charge on any atom is -0.494 e. The van der Waals surface area contributed by atoms with E-state index in [0.717, 1.165) is 11.3 Å². The van der Waals surface area contributed by atoms with E-state index < -0.39 is 5.60 Å². The predicted molar refractivity (Wildman–Crippen MR) is 138 cm³/mol. The second kappa shape index (κ2) is 11.8. The molecule has 0 amide bonds. The van der Waals surface area contributed by atoms with Crippen molar-refractivity contribution in [1.29, 1.82) is 0 Å². The molecule has 1 unspecified atom stereocenters. The van der Waals surface area contributed by atoms with Crippen LogP contribution in [-0.2, 0) is 16.1 Å². The number of rotatable bonds is 10. The van der Waals surface area contributed by atoms with Gasteiger partial charge in [-0.25, -0.2) is 0 Å². The molecule has 0 aliphatic carbocycles. The van der Waals surface area contributed by atoms with Crippen LogP contribution in [0.1, 0.15) is 69.8 Å². The van der Waals surface area contributed by atoms with Crippen LogP contribution in [0.4, 0.5) is 0 Å². The third kappa shape index (κ3) is 7.46. The van der Waals surface area contributed by atoms with Crippen LogP contribution in [0.25, 0.3) is 0 Å². The minimum absolute atomic E-state index is 0.0737.